The van der Waals surface area contributed by atoms with Gasteiger partial charge in [0.05, 0.1) is 10.9 Å². The van der Waals surface area contributed by atoms with E-state index in [0.717, 1.165) is 6.42 Å². The first-order valence-electron chi connectivity index (χ1n) is 3.28. The van der Waals surface area contributed by atoms with Crippen molar-refractivity contribution in [2.24, 2.45) is 0 Å². The van der Waals surface area contributed by atoms with Crippen LogP contribution < -0.4 is 0 Å². The van der Waals surface area contributed by atoms with Gasteiger partial charge in [0.1, 0.15) is 0 Å². The van der Waals surface area contributed by atoms with Crippen LogP contribution in [0.15, 0.2) is 0 Å². The van der Waals surface area contributed by atoms with Gasteiger partial charge in [-0.05, 0) is 6.42 Å². The maximum atomic E-state index is 9.51. The summed E-state index contributed by atoms with van der Waals surface area (Å²) < 4.78 is 0. The molecule has 1 aliphatic rings. The molecule has 0 aromatic carbocycles. The Labute approximate surface area is 99.8 Å². The molecular weight excluding hydrogens is 408 g/mol. The highest BCUT2D eigenvalue weighted by molar-refractivity contribution is 9.14. The van der Waals surface area contributed by atoms with Gasteiger partial charge in [-0.2, -0.15) is 0 Å². The molecule has 1 N–H and O–H groups in total. The minimum absolute atomic E-state index is 0.140. The van der Waals surface area contributed by atoms with Crippen molar-refractivity contribution in [1.29, 1.82) is 0 Å². The summed E-state index contributed by atoms with van der Waals surface area (Å²) in [4.78, 5) is 1.13. The summed E-state index contributed by atoms with van der Waals surface area (Å²) in [5.41, 5.74) is 0. The molecule has 1 fully saturated rings. The van der Waals surface area contributed by atoms with Crippen molar-refractivity contribution in [3.63, 3.8) is 0 Å². The van der Waals surface area contributed by atoms with Gasteiger partial charge in [0.2, 0.25) is 0 Å². The summed E-state index contributed by atoms with van der Waals surface area (Å²) in [5, 5.41) is 9.51. The van der Waals surface area contributed by atoms with Gasteiger partial charge in [-0.25, -0.2) is 0 Å². The smallest absolute Gasteiger partial charge is 0.0687 e. The van der Waals surface area contributed by atoms with E-state index in [4.69, 9.17) is 0 Å². The van der Waals surface area contributed by atoms with Crippen molar-refractivity contribution >= 4 is 63.7 Å². The average molecular weight is 416 g/mol. The summed E-state index contributed by atoms with van der Waals surface area (Å²) in [6.45, 7) is 0. The molecule has 5 heteroatoms. The van der Waals surface area contributed by atoms with E-state index >= 15 is 0 Å². The predicted molar refractivity (Wildman–Crippen MR) is 61.5 cm³/mol. The Morgan fingerprint density at radius 3 is 2.00 bits per heavy atom. The second-order valence-corrected chi connectivity index (χ2v) is 7.00. The Morgan fingerprint density at radius 2 is 1.45 bits per heavy atom. The lowest BCUT2D eigenvalue weighted by atomic mass is 9.97. The molecule has 1 aliphatic carbocycles. The minimum Gasteiger partial charge on any atom is -0.392 e. The van der Waals surface area contributed by atoms with Crippen molar-refractivity contribution in [3.05, 3.63) is 0 Å². The van der Waals surface area contributed by atoms with Gasteiger partial charge in [0.25, 0.3) is 0 Å². The minimum atomic E-state index is -0.266. The number of halogens is 4. The first-order valence-corrected chi connectivity index (χ1v) is 6.94. The van der Waals surface area contributed by atoms with E-state index in [2.05, 4.69) is 63.7 Å². The third-order valence-electron chi connectivity index (χ3n) is 1.79. The highest BCUT2D eigenvalue weighted by atomic mass is 79.9. The number of hydrogen-bond acceptors (Lipinski definition) is 1. The summed E-state index contributed by atoms with van der Waals surface area (Å²) >= 11 is 14.0. The molecule has 0 radical (unpaired) electrons. The summed E-state index contributed by atoms with van der Waals surface area (Å²) in [6, 6.07) is 0. The zero-order valence-electron chi connectivity index (χ0n) is 5.55. The molecule has 0 aromatic heterocycles. The van der Waals surface area contributed by atoms with E-state index in [0.29, 0.717) is 9.65 Å². The van der Waals surface area contributed by atoms with Gasteiger partial charge in [-0.3, -0.25) is 0 Å². The maximum Gasteiger partial charge on any atom is 0.0687 e. The van der Waals surface area contributed by atoms with E-state index in [1.165, 1.54) is 0 Å². The van der Waals surface area contributed by atoms with Crippen LogP contribution in [0.4, 0.5) is 0 Å². The molecule has 1 rings (SSSR count). The highest BCUT2D eigenvalue weighted by Gasteiger charge is 2.39. The molecular formula is C6H8Br4O. The first-order chi connectivity index (χ1) is 5.04. The van der Waals surface area contributed by atoms with Crippen LogP contribution in [0.5, 0.6) is 0 Å². The number of alkyl halides is 4. The van der Waals surface area contributed by atoms with E-state index < -0.39 is 0 Å². The molecule has 0 bridgehead atoms. The van der Waals surface area contributed by atoms with Gasteiger partial charge in [-0.15, -0.1) is 0 Å². The summed E-state index contributed by atoms with van der Waals surface area (Å²) in [5.74, 6) is 0. The van der Waals surface area contributed by atoms with Crippen LogP contribution in [0.25, 0.3) is 0 Å². The Hall–Kier alpha value is 1.88. The molecule has 0 amide bonds. The zero-order valence-corrected chi connectivity index (χ0v) is 11.9. The molecule has 1 saturated carbocycles. The fourth-order valence-electron chi connectivity index (χ4n) is 1.08. The molecule has 11 heavy (non-hydrogen) atoms. The normalized spacial score (nSPS) is 52.6. The van der Waals surface area contributed by atoms with Crippen molar-refractivity contribution in [1.82, 2.24) is 0 Å². The molecule has 0 spiro atoms. The lowest BCUT2D eigenvalue weighted by Gasteiger charge is -2.35. The topological polar surface area (TPSA) is 20.2 Å². The fraction of sp³-hybridized carbons (Fsp3) is 1.00. The highest BCUT2D eigenvalue weighted by Crippen LogP contribution is 2.38. The molecule has 0 saturated heterocycles. The molecule has 1 nitrogen and oxygen atoms in total. The van der Waals surface area contributed by atoms with Gasteiger partial charge in [0, 0.05) is 14.5 Å². The van der Waals surface area contributed by atoms with Gasteiger partial charge in [0.15, 0.2) is 0 Å². The van der Waals surface area contributed by atoms with E-state index in [1.54, 1.807) is 0 Å². The SMILES string of the molecule is OC1CC(Br)C(Br)C(Br)C1Br. The second kappa shape index (κ2) is 4.40. The third kappa shape index (κ3) is 2.42. The van der Waals surface area contributed by atoms with Crippen LogP contribution in [0.2, 0.25) is 0 Å². The maximum absolute atomic E-state index is 9.51. The van der Waals surface area contributed by atoms with Crippen LogP contribution in [0.3, 0.4) is 0 Å². The van der Waals surface area contributed by atoms with Gasteiger partial charge >= 0.3 is 0 Å². The summed E-state index contributed by atoms with van der Waals surface area (Å²) in [6.07, 6.45) is 0.519. The van der Waals surface area contributed by atoms with Crippen LogP contribution in [-0.4, -0.2) is 30.5 Å². The van der Waals surface area contributed by atoms with Crippen molar-refractivity contribution in [2.45, 2.75) is 31.8 Å². The fourth-order valence-corrected chi connectivity index (χ4v) is 4.42. The molecule has 66 valence electrons. The Bertz CT molecular complexity index is 129. The molecule has 0 aromatic rings. The Balaban J connectivity index is 2.63. The van der Waals surface area contributed by atoms with Crippen LogP contribution in [0.1, 0.15) is 6.42 Å². The zero-order chi connectivity index (χ0) is 8.59. The van der Waals surface area contributed by atoms with Crippen molar-refractivity contribution < 1.29 is 5.11 Å². The third-order valence-corrected chi connectivity index (χ3v) is 8.39. The van der Waals surface area contributed by atoms with E-state index in [9.17, 15) is 5.11 Å². The summed E-state index contributed by atoms with van der Waals surface area (Å²) in [7, 11) is 0. The first kappa shape index (κ1) is 11.0. The van der Waals surface area contributed by atoms with Crippen molar-refractivity contribution in [2.75, 3.05) is 0 Å². The number of rotatable bonds is 0. The average Bonchev–Trinajstić information content (AvgIpc) is 1.97. The van der Waals surface area contributed by atoms with Gasteiger partial charge < -0.3 is 5.11 Å². The standard InChI is InChI=1S/C6H8Br4O/c7-2-1-3(11)5(9)6(10)4(2)8/h2-6,11H,1H2. The van der Waals surface area contributed by atoms with Gasteiger partial charge in [-0.1, -0.05) is 63.7 Å². The number of hydrogen-bond donors (Lipinski definition) is 1. The largest absolute Gasteiger partial charge is 0.392 e. The van der Waals surface area contributed by atoms with Crippen molar-refractivity contribution in [3.8, 4) is 0 Å². The predicted octanol–water partition coefficient (Wildman–Crippen LogP) is 2.81. The van der Waals surface area contributed by atoms with E-state index in [1.807, 2.05) is 0 Å². The Kier molecular flexibility index (Phi) is 4.38. The quantitative estimate of drug-likeness (QED) is 0.603. The van der Waals surface area contributed by atoms with Crippen LogP contribution in [0, 0.1) is 0 Å². The number of aliphatic hydroxyl groups excluding tert-OH is 1. The van der Waals surface area contributed by atoms with E-state index in [-0.39, 0.29) is 15.8 Å². The number of aliphatic hydroxyl groups is 1. The lowest BCUT2D eigenvalue weighted by Crippen LogP contribution is -2.45. The monoisotopic (exact) mass is 412 g/mol. The second-order valence-electron chi connectivity index (χ2n) is 2.65. The lowest BCUT2D eigenvalue weighted by molar-refractivity contribution is 0.148. The van der Waals surface area contributed by atoms with Crippen LogP contribution >= 0.6 is 63.7 Å². The molecule has 5 atom stereocenters. The molecule has 0 heterocycles. The Morgan fingerprint density at radius 1 is 0.909 bits per heavy atom. The van der Waals surface area contributed by atoms with Crippen LogP contribution in [-0.2, 0) is 0 Å². The molecule has 0 aliphatic heterocycles. The molecule has 5 unspecified atom stereocenters.